The van der Waals surface area contributed by atoms with Crippen molar-refractivity contribution < 1.29 is 40.6 Å². The van der Waals surface area contributed by atoms with Crippen LogP contribution in [0.2, 0.25) is 0 Å². The van der Waals surface area contributed by atoms with E-state index in [1.165, 1.54) is 6.26 Å². The number of anilines is 1. The first-order chi connectivity index (χ1) is 19.0. The van der Waals surface area contributed by atoms with Gasteiger partial charge in [0.25, 0.3) is 5.91 Å². The highest BCUT2D eigenvalue weighted by Gasteiger charge is 2.34. The molecule has 5 rings (SSSR count). The highest BCUT2D eigenvalue weighted by atomic mass is 32.2. The summed E-state index contributed by atoms with van der Waals surface area (Å²) in [5.74, 6) is 1.86. The van der Waals surface area contributed by atoms with Crippen LogP contribution in [0.25, 0.3) is 0 Å². The van der Waals surface area contributed by atoms with E-state index in [1.807, 2.05) is 16.9 Å². The van der Waals surface area contributed by atoms with Crippen LogP contribution < -0.4 is 28.0 Å². The minimum absolute atomic E-state index is 0.0467. The molecule has 12 nitrogen and oxygen atoms in total. The normalized spacial score (nSPS) is 17.6. The van der Waals surface area contributed by atoms with Gasteiger partial charge in [0.15, 0.2) is 17.6 Å². The number of ether oxygens (including phenoxy) is 4. The Balaban J connectivity index is 1.23. The molecule has 40 heavy (non-hydrogen) atoms. The third-order valence-corrected chi connectivity index (χ3v) is 8.54. The van der Waals surface area contributed by atoms with Crippen molar-refractivity contribution in [3.8, 4) is 28.9 Å². The molecule has 2 aromatic carbocycles. The molecule has 3 heterocycles. The van der Waals surface area contributed by atoms with Gasteiger partial charge in [0.05, 0.1) is 23.7 Å². The molecule has 1 amide bonds. The number of aromatic nitrogens is 1. The lowest BCUT2D eigenvalue weighted by Crippen LogP contribution is -2.29. The number of fused-ring (bicyclic) bond motifs is 1. The summed E-state index contributed by atoms with van der Waals surface area (Å²) in [5, 5.41) is 0. The van der Waals surface area contributed by atoms with Crippen LogP contribution in [-0.4, -0.2) is 59.5 Å². The fourth-order valence-corrected chi connectivity index (χ4v) is 6.02. The molecular formula is C26H27N3O9S2. The minimum atomic E-state index is -3.88. The van der Waals surface area contributed by atoms with Gasteiger partial charge in [-0.25, -0.2) is 22.4 Å². The van der Waals surface area contributed by atoms with E-state index in [4.69, 9.17) is 18.9 Å². The van der Waals surface area contributed by atoms with Crippen molar-refractivity contribution in [3.63, 3.8) is 0 Å². The van der Waals surface area contributed by atoms with Gasteiger partial charge in [-0.1, -0.05) is 12.1 Å². The fraction of sp³-hybridized carbons (Fsp3) is 0.308. The molecule has 14 heteroatoms. The Labute approximate surface area is 231 Å². The van der Waals surface area contributed by atoms with Gasteiger partial charge in [0.2, 0.25) is 5.88 Å². The summed E-state index contributed by atoms with van der Waals surface area (Å²) in [6.45, 7) is 1.98. The first-order valence-corrected chi connectivity index (χ1v) is 15.8. The van der Waals surface area contributed by atoms with Crippen molar-refractivity contribution in [1.29, 1.82) is 0 Å². The molecule has 2 aliphatic heterocycles. The molecule has 0 aliphatic carbocycles. The zero-order valence-electron chi connectivity index (χ0n) is 21.7. The number of para-hydroxylation sites is 1. The molecule has 0 bridgehead atoms. The van der Waals surface area contributed by atoms with Crippen LogP contribution in [0.1, 0.15) is 23.8 Å². The summed E-state index contributed by atoms with van der Waals surface area (Å²) in [5.41, 5.74) is 1.72. The Bertz CT molecular complexity index is 1640. The number of nitrogens with zero attached hydrogens (tertiary/aromatic N) is 2. The highest BCUT2D eigenvalue weighted by molar-refractivity contribution is 7.92. The first kappa shape index (κ1) is 27.5. The maximum Gasteiger partial charge on any atom is 0.326 e. The number of amides is 1. The van der Waals surface area contributed by atoms with E-state index in [0.29, 0.717) is 46.7 Å². The molecule has 1 N–H and O–H groups in total. The van der Waals surface area contributed by atoms with Crippen molar-refractivity contribution in [2.24, 2.45) is 0 Å². The molecule has 0 unspecified atom stereocenters. The van der Waals surface area contributed by atoms with E-state index in [0.717, 1.165) is 9.87 Å². The average Bonchev–Trinajstić information content (AvgIpc) is 3.42. The van der Waals surface area contributed by atoms with E-state index in [-0.39, 0.29) is 25.5 Å². The van der Waals surface area contributed by atoms with Crippen molar-refractivity contribution in [2.75, 3.05) is 36.1 Å². The number of carbonyl (C=O) groups is 1. The molecule has 2 aliphatic rings. The van der Waals surface area contributed by atoms with Crippen molar-refractivity contribution in [3.05, 3.63) is 65.9 Å². The van der Waals surface area contributed by atoms with Crippen LogP contribution in [0.3, 0.4) is 0 Å². The topological polar surface area (TPSA) is 150 Å². The predicted octanol–water partition coefficient (Wildman–Crippen LogP) is 2.69. The maximum absolute atomic E-state index is 12.1. The largest absolute Gasteiger partial charge is 0.485 e. The Kier molecular flexibility index (Phi) is 7.47. The van der Waals surface area contributed by atoms with E-state index >= 15 is 0 Å². The lowest BCUT2D eigenvalue weighted by Gasteiger charge is -2.17. The van der Waals surface area contributed by atoms with E-state index in [2.05, 4.69) is 4.98 Å². The second-order valence-corrected chi connectivity index (χ2v) is 13.1. The minimum Gasteiger partial charge on any atom is -0.485 e. The molecule has 1 saturated heterocycles. The second kappa shape index (κ2) is 10.8. The number of sulfone groups is 1. The molecule has 0 spiro atoms. The smallest absolute Gasteiger partial charge is 0.326 e. The number of nitrogens with one attached hydrogen (secondary N) is 1. The number of aryl methyl sites for hydroxylation is 1. The third-order valence-electron chi connectivity index (χ3n) is 6.10. The van der Waals surface area contributed by atoms with Crippen LogP contribution in [0.5, 0.6) is 28.9 Å². The highest BCUT2D eigenvalue weighted by Crippen LogP contribution is 2.44. The molecule has 1 atom stereocenters. The van der Waals surface area contributed by atoms with Gasteiger partial charge in [-0.3, -0.25) is 4.79 Å². The van der Waals surface area contributed by atoms with Crippen LogP contribution in [-0.2, 0) is 24.8 Å². The van der Waals surface area contributed by atoms with Crippen molar-refractivity contribution >= 4 is 31.6 Å². The number of pyridine rings is 1. The second-order valence-electron chi connectivity index (χ2n) is 9.29. The first-order valence-electron chi connectivity index (χ1n) is 12.3. The quantitative estimate of drug-likeness (QED) is 0.350. The van der Waals surface area contributed by atoms with Gasteiger partial charge in [0.1, 0.15) is 34.5 Å². The molecule has 0 radical (unpaired) electrons. The van der Waals surface area contributed by atoms with Gasteiger partial charge in [-0.2, -0.15) is 8.42 Å². The fourth-order valence-electron chi connectivity index (χ4n) is 4.23. The Morgan fingerprint density at radius 1 is 1.10 bits per heavy atom. The van der Waals surface area contributed by atoms with E-state index in [9.17, 15) is 21.6 Å². The van der Waals surface area contributed by atoms with Crippen molar-refractivity contribution in [1.82, 2.24) is 9.71 Å². The molecule has 1 fully saturated rings. The maximum atomic E-state index is 12.1. The Morgan fingerprint density at radius 3 is 2.55 bits per heavy atom. The van der Waals surface area contributed by atoms with Gasteiger partial charge in [-0.15, -0.1) is 0 Å². The van der Waals surface area contributed by atoms with Crippen LogP contribution in [0.15, 0.2) is 54.6 Å². The van der Waals surface area contributed by atoms with Crippen LogP contribution >= 0.6 is 0 Å². The third kappa shape index (κ3) is 6.23. The van der Waals surface area contributed by atoms with Gasteiger partial charge in [-0.05, 0) is 49.7 Å². The lowest BCUT2D eigenvalue weighted by molar-refractivity contribution is -0.117. The Morgan fingerprint density at radius 2 is 1.88 bits per heavy atom. The number of carbonyl (C=O) groups excluding carboxylic acids is 1. The summed E-state index contributed by atoms with van der Waals surface area (Å²) in [7, 11) is -6.92. The summed E-state index contributed by atoms with van der Waals surface area (Å²) < 4.78 is 73.3. The molecule has 1 aromatic heterocycles. The molecule has 3 aromatic rings. The summed E-state index contributed by atoms with van der Waals surface area (Å²) in [6.07, 6.45) is 1.13. The SMILES string of the molecule is Cc1nc(OCCCS(C)(=O)=O)ccc1Oc1cccc2c1OC[C@H]2Oc1ccc(N2CC(=O)NS2(=O)=O)cc1. The predicted molar refractivity (Wildman–Crippen MR) is 145 cm³/mol. The van der Waals surface area contributed by atoms with Crippen molar-refractivity contribution in [2.45, 2.75) is 19.4 Å². The number of benzene rings is 2. The van der Waals surface area contributed by atoms with Crippen LogP contribution in [0.4, 0.5) is 5.69 Å². The summed E-state index contributed by atoms with van der Waals surface area (Å²) in [6, 6.07) is 15.3. The molecule has 212 valence electrons. The molecule has 0 saturated carbocycles. The summed E-state index contributed by atoms with van der Waals surface area (Å²) >= 11 is 0. The van der Waals surface area contributed by atoms with Gasteiger partial charge < -0.3 is 18.9 Å². The van der Waals surface area contributed by atoms with E-state index in [1.54, 1.807) is 49.4 Å². The van der Waals surface area contributed by atoms with E-state index < -0.39 is 32.1 Å². The summed E-state index contributed by atoms with van der Waals surface area (Å²) in [4.78, 5) is 15.9. The molecular weight excluding hydrogens is 562 g/mol. The zero-order chi connectivity index (χ0) is 28.5. The lowest BCUT2D eigenvalue weighted by atomic mass is 10.1. The van der Waals surface area contributed by atoms with Crippen LogP contribution in [0, 0.1) is 6.92 Å². The number of hydrogen-bond donors (Lipinski definition) is 1. The zero-order valence-corrected chi connectivity index (χ0v) is 23.3. The van der Waals surface area contributed by atoms with Gasteiger partial charge >= 0.3 is 10.2 Å². The number of hydrogen-bond acceptors (Lipinski definition) is 10. The average molecular weight is 590 g/mol. The monoisotopic (exact) mass is 589 g/mol. The standard InChI is InChI=1S/C26H27N3O9S2/c1-17-21(11-12-25(27-17)35-13-4-14-39(2,31)32)38-22-6-3-5-20-23(16-36-26(20)22)37-19-9-7-18(8-10-19)29-15-24(30)28-40(29,33)34/h3,5-12,23H,4,13-16H2,1-2H3,(H,28,30)/t23-/m1/s1. The Hall–Kier alpha value is -4.04. The number of rotatable bonds is 10. The van der Waals surface area contributed by atoms with Gasteiger partial charge in [0, 0.05) is 17.9 Å².